The van der Waals surface area contributed by atoms with E-state index in [1.165, 1.54) is 0 Å². The molecule has 1 aliphatic carbocycles. The summed E-state index contributed by atoms with van der Waals surface area (Å²) in [5.41, 5.74) is -1.20. The summed E-state index contributed by atoms with van der Waals surface area (Å²) in [6, 6.07) is 0. The number of carboxylic acid groups (broad SMARTS) is 1. The number of halogens is 3. The predicted octanol–water partition coefficient (Wildman–Crippen LogP) is 1.84. The van der Waals surface area contributed by atoms with Crippen molar-refractivity contribution in [1.29, 1.82) is 0 Å². The van der Waals surface area contributed by atoms with Gasteiger partial charge in [0.2, 0.25) is 5.91 Å². The molecule has 0 aromatic rings. The number of carbonyl (C=O) groups is 2. The minimum atomic E-state index is -4.81. The lowest BCUT2D eigenvalue weighted by molar-refractivity contribution is -0.202. The number of rotatable bonds is 5. The molecule has 0 radical (unpaired) electrons. The molecule has 0 aromatic heterocycles. The van der Waals surface area contributed by atoms with E-state index in [1.54, 1.807) is 0 Å². The second-order valence-electron chi connectivity index (χ2n) is 5.54. The summed E-state index contributed by atoms with van der Waals surface area (Å²) in [6.45, 7) is -0.960. The highest BCUT2D eigenvalue weighted by molar-refractivity contribution is 5.85. The average molecular weight is 311 g/mol. The monoisotopic (exact) mass is 311 g/mol. The molecule has 1 atom stereocenters. The fourth-order valence-corrected chi connectivity index (χ4v) is 2.57. The van der Waals surface area contributed by atoms with Crippen molar-refractivity contribution in [3.8, 4) is 0 Å². The number of hydrogen-bond acceptors (Lipinski definition) is 3. The van der Waals surface area contributed by atoms with Crippen LogP contribution in [0.4, 0.5) is 13.2 Å². The Morgan fingerprint density at radius 2 is 1.67 bits per heavy atom. The molecule has 1 fully saturated rings. The number of aliphatic hydroxyl groups is 1. The Morgan fingerprint density at radius 3 is 2.10 bits per heavy atom. The third-order valence-corrected chi connectivity index (χ3v) is 3.88. The number of carbonyl (C=O) groups excluding carboxylic acids is 1. The molecular weight excluding hydrogens is 291 g/mol. The lowest BCUT2D eigenvalue weighted by atomic mass is 9.77. The zero-order valence-electron chi connectivity index (χ0n) is 11.6. The molecule has 1 unspecified atom stereocenters. The number of hydrogen-bond donors (Lipinski definition) is 3. The summed E-state index contributed by atoms with van der Waals surface area (Å²) in [7, 11) is 0. The van der Waals surface area contributed by atoms with Gasteiger partial charge in [-0.3, -0.25) is 9.59 Å². The first-order valence-electron chi connectivity index (χ1n) is 6.92. The third-order valence-electron chi connectivity index (χ3n) is 3.88. The van der Waals surface area contributed by atoms with Crippen molar-refractivity contribution < 1.29 is 33.0 Å². The van der Waals surface area contributed by atoms with Crippen LogP contribution >= 0.6 is 0 Å². The molecule has 0 aromatic carbocycles. The minimum absolute atomic E-state index is 0.345. The Bertz CT molecular complexity index is 376. The summed E-state index contributed by atoms with van der Waals surface area (Å²) in [4.78, 5) is 23.2. The van der Waals surface area contributed by atoms with Crippen LogP contribution in [0.2, 0.25) is 0 Å². The first-order valence-corrected chi connectivity index (χ1v) is 6.92. The molecule has 0 spiro atoms. The highest BCUT2D eigenvalue weighted by Gasteiger charge is 2.42. The maximum Gasteiger partial charge on any atom is 0.416 e. The molecule has 21 heavy (non-hydrogen) atoms. The number of aliphatic carboxylic acids is 1. The van der Waals surface area contributed by atoms with Crippen LogP contribution in [0.5, 0.6) is 0 Å². The van der Waals surface area contributed by atoms with Crippen molar-refractivity contribution in [1.82, 2.24) is 5.32 Å². The maximum atomic E-state index is 12.1. The normalized spacial score (nSPS) is 20.4. The topological polar surface area (TPSA) is 86.6 Å². The maximum absolute atomic E-state index is 12.1. The molecule has 0 bridgehead atoms. The highest BCUT2D eigenvalue weighted by atomic mass is 19.4. The SMILES string of the molecule is O=C(CC1(C(=O)O)CCCCCC1)NCC(O)C(F)(F)F. The molecule has 0 heterocycles. The lowest BCUT2D eigenvalue weighted by Gasteiger charge is -2.27. The highest BCUT2D eigenvalue weighted by Crippen LogP contribution is 2.38. The molecule has 5 nitrogen and oxygen atoms in total. The van der Waals surface area contributed by atoms with Crippen LogP contribution in [0.1, 0.15) is 44.9 Å². The van der Waals surface area contributed by atoms with E-state index < -0.39 is 36.1 Å². The molecule has 8 heteroatoms. The molecule has 1 amide bonds. The Balaban J connectivity index is 2.59. The van der Waals surface area contributed by atoms with Crippen molar-refractivity contribution in [2.45, 2.75) is 57.2 Å². The van der Waals surface area contributed by atoms with Gasteiger partial charge in [-0.05, 0) is 12.8 Å². The summed E-state index contributed by atoms with van der Waals surface area (Å²) in [6.07, 6.45) is -3.96. The fraction of sp³-hybridized carbons (Fsp3) is 0.846. The van der Waals surface area contributed by atoms with Gasteiger partial charge in [-0.2, -0.15) is 13.2 Å². The van der Waals surface area contributed by atoms with E-state index in [-0.39, 0.29) is 6.42 Å². The van der Waals surface area contributed by atoms with Crippen molar-refractivity contribution in [2.75, 3.05) is 6.54 Å². The lowest BCUT2D eigenvalue weighted by Crippen LogP contribution is -2.43. The standard InChI is InChI=1S/C13H20F3NO4/c14-13(15,16)9(18)8-17-10(19)7-12(11(20)21)5-3-1-2-4-6-12/h9,18H,1-8H2,(H,17,19)(H,20,21). The zero-order valence-corrected chi connectivity index (χ0v) is 11.6. The largest absolute Gasteiger partial charge is 0.481 e. The Hall–Kier alpha value is -1.31. The van der Waals surface area contributed by atoms with Crippen molar-refractivity contribution >= 4 is 11.9 Å². The minimum Gasteiger partial charge on any atom is -0.481 e. The van der Waals surface area contributed by atoms with Gasteiger partial charge in [0.15, 0.2) is 6.10 Å². The van der Waals surface area contributed by atoms with E-state index in [1.807, 2.05) is 5.32 Å². The predicted molar refractivity (Wildman–Crippen MR) is 67.5 cm³/mol. The van der Waals surface area contributed by atoms with Gasteiger partial charge in [-0.1, -0.05) is 25.7 Å². The van der Waals surface area contributed by atoms with Crippen molar-refractivity contribution in [2.24, 2.45) is 5.41 Å². The number of aliphatic hydroxyl groups excluding tert-OH is 1. The Morgan fingerprint density at radius 1 is 1.14 bits per heavy atom. The van der Waals surface area contributed by atoms with Crippen LogP contribution < -0.4 is 5.32 Å². The molecular formula is C13H20F3NO4. The van der Waals surface area contributed by atoms with Gasteiger partial charge in [0.05, 0.1) is 12.0 Å². The van der Waals surface area contributed by atoms with Gasteiger partial charge >= 0.3 is 12.1 Å². The van der Waals surface area contributed by atoms with Crippen LogP contribution in [0, 0.1) is 5.41 Å². The summed E-state index contributed by atoms with van der Waals surface area (Å²) < 4.78 is 36.4. The quantitative estimate of drug-likeness (QED) is 0.676. The van der Waals surface area contributed by atoms with E-state index >= 15 is 0 Å². The zero-order chi connectivity index (χ0) is 16.1. The van der Waals surface area contributed by atoms with Crippen LogP contribution in [0.15, 0.2) is 0 Å². The Kier molecular flexibility index (Phi) is 6.00. The second kappa shape index (κ2) is 7.11. The van der Waals surface area contributed by atoms with Gasteiger partial charge in [0.25, 0.3) is 0 Å². The van der Waals surface area contributed by atoms with E-state index in [9.17, 15) is 27.9 Å². The van der Waals surface area contributed by atoms with E-state index in [4.69, 9.17) is 5.11 Å². The van der Waals surface area contributed by atoms with E-state index in [2.05, 4.69) is 0 Å². The summed E-state index contributed by atoms with van der Waals surface area (Å²) in [5.74, 6) is -1.86. The molecule has 0 aliphatic heterocycles. The van der Waals surface area contributed by atoms with Crippen LogP contribution in [0.3, 0.4) is 0 Å². The van der Waals surface area contributed by atoms with Gasteiger partial charge < -0.3 is 15.5 Å². The first kappa shape index (κ1) is 17.7. The summed E-state index contributed by atoms with van der Waals surface area (Å²) >= 11 is 0. The molecule has 1 saturated carbocycles. The third kappa shape index (κ3) is 5.18. The van der Waals surface area contributed by atoms with E-state index in [0.717, 1.165) is 12.8 Å². The van der Waals surface area contributed by atoms with Crippen LogP contribution in [-0.4, -0.2) is 40.9 Å². The van der Waals surface area contributed by atoms with Gasteiger partial charge in [0.1, 0.15) is 0 Å². The molecule has 1 rings (SSSR count). The van der Waals surface area contributed by atoms with Crippen LogP contribution in [0.25, 0.3) is 0 Å². The number of alkyl halides is 3. The molecule has 1 aliphatic rings. The van der Waals surface area contributed by atoms with Gasteiger partial charge in [-0.15, -0.1) is 0 Å². The van der Waals surface area contributed by atoms with E-state index in [0.29, 0.717) is 25.7 Å². The van der Waals surface area contributed by atoms with Gasteiger partial charge in [-0.25, -0.2) is 0 Å². The number of carboxylic acids is 1. The van der Waals surface area contributed by atoms with Crippen LogP contribution in [-0.2, 0) is 9.59 Å². The second-order valence-corrected chi connectivity index (χ2v) is 5.54. The molecule has 0 saturated heterocycles. The average Bonchev–Trinajstić information content (AvgIpc) is 2.61. The fourth-order valence-electron chi connectivity index (χ4n) is 2.57. The smallest absolute Gasteiger partial charge is 0.416 e. The van der Waals surface area contributed by atoms with Crippen molar-refractivity contribution in [3.05, 3.63) is 0 Å². The number of nitrogens with one attached hydrogen (secondary N) is 1. The van der Waals surface area contributed by atoms with Crippen molar-refractivity contribution in [3.63, 3.8) is 0 Å². The van der Waals surface area contributed by atoms with Gasteiger partial charge in [0, 0.05) is 6.42 Å². The summed E-state index contributed by atoms with van der Waals surface area (Å²) in [5, 5.41) is 20.1. The Labute approximate surface area is 120 Å². The first-order chi connectivity index (χ1) is 9.67. The molecule has 122 valence electrons. The molecule has 3 N–H and O–H groups in total. The number of amides is 1.